The molecule has 106 valence electrons. The minimum Gasteiger partial charge on any atom is -0.495 e. The van der Waals surface area contributed by atoms with E-state index in [2.05, 4.69) is 4.98 Å². The Bertz CT molecular complexity index is 455. The average molecular weight is 294 g/mol. The van der Waals surface area contributed by atoms with Gasteiger partial charge in [0.1, 0.15) is 11.4 Å². The Labute approximate surface area is 114 Å². The first kappa shape index (κ1) is 15.6. The molecule has 1 aromatic rings. The molecular formula is C12H14ClF2NO3. The number of methoxy groups -OCH3 is 1. The Morgan fingerprint density at radius 2 is 2.21 bits per heavy atom. The van der Waals surface area contributed by atoms with Crippen LogP contribution in [0, 0.1) is 0 Å². The van der Waals surface area contributed by atoms with E-state index < -0.39 is 18.1 Å². The number of aromatic nitrogens is 1. The summed E-state index contributed by atoms with van der Waals surface area (Å²) in [6.07, 6.45) is -2.99. The Kier molecular flexibility index (Phi) is 5.95. The van der Waals surface area contributed by atoms with Gasteiger partial charge in [-0.15, -0.1) is 11.6 Å². The fraction of sp³-hybridized carbons (Fsp3) is 0.500. The maximum Gasteiger partial charge on any atom is 0.311 e. The highest BCUT2D eigenvalue weighted by molar-refractivity contribution is 6.17. The van der Waals surface area contributed by atoms with Gasteiger partial charge in [0.15, 0.2) is 0 Å². The molecule has 0 N–H and O–H groups in total. The summed E-state index contributed by atoms with van der Waals surface area (Å²) in [6.45, 7) is 1.87. The van der Waals surface area contributed by atoms with Crippen LogP contribution in [-0.2, 0) is 21.8 Å². The standard InChI is InChI=1S/C12H14ClF2NO3/c1-3-19-10(17)5-8-7(6-13)4-9(18-2)11(16-8)12(14)15/h4,12H,3,5-6H2,1-2H3. The summed E-state index contributed by atoms with van der Waals surface area (Å²) in [5.41, 5.74) is 0.149. The van der Waals surface area contributed by atoms with Crippen molar-refractivity contribution >= 4 is 17.6 Å². The van der Waals surface area contributed by atoms with E-state index >= 15 is 0 Å². The van der Waals surface area contributed by atoms with Crippen LogP contribution >= 0.6 is 11.6 Å². The summed E-state index contributed by atoms with van der Waals surface area (Å²) in [5, 5.41) is 0. The van der Waals surface area contributed by atoms with Gasteiger partial charge in [-0.25, -0.2) is 13.8 Å². The lowest BCUT2D eigenvalue weighted by Crippen LogP contribution is -2.12. The molecule has 0 saturated carbocycles. The number of ether oxygens (including phenoxy) is 2. The Balaban J connectivity index is 3.14. The van der Waals surface area contributed by atoms with Crippen molar-refractivity contribution in [2.24, 2.45) is 0 Å². The van der Waals surface area contributed by atoms with E-state index in [1.165, 1.54) is 13.2 Å². The molecule has 0 aliphatic rings. The number of carbonyl (C=O) groups is 1. The maximum atomic E-state index is 12.8. The van der Waals surface area contributed by atoms with Crippen LogP contribution in [0.25, 0.3) is 0 Å². The van der Waals surface area contributed by atoms with E-state index in [9.17, 15) is 13.6 Å². The molecule has 1 rings (SSSR count). The van der Waals surface area contributed by atoms with E-state index in [0.29, 0.717) is 5.56 Å². The average Bonchev–Trinajstić information content (AvgIpc) is 2.38. The summed E-state index contributed by atoms with van der Waals surface area (Å²) in [6, 6.07) is 1.37. The molecule has 4 nitrogen and oxygen atoms in total. The van der Waals surface area contributed by atoms with Gasteiger partial charge in [-0.2, -0.15) is 0 Å². The normalized spacial score (nSPS) is 10.6. The van der Waals surface area contributed by atoms with Gasteiger partial charge in [0.2, 0.25) is 0 Å². The van der Waals surface area contributed by atoms with Crippen molar-refractivity contribution < 1.29 is 23.0 Å². The number of rotatable bonds is 6. The van der Waals surface area contributed by atoms with Gasteiger partial charge in [0.05, 0.1) is 25.8 Å². The topological polar surface area (TPSA) is 48.4 Å². The second-order valence-electron chi connectivity index (χ2n) is 3.60. The van der Waals surface area contributed by atoms with Crippen molar-refractivity contribution in [3.8, 4) is 5.75 Å². The molecule has 0 saturated heterocycles. The zero-order chi connectivity index (χ0) is 14.4. The Morgan fingerprint density at radius 1 is 1.53 bits per heavy atom. The number of esters is 1. The molecule has 1 aromatic heterocycles. The number of carbonyl (C=O) groups excluding carboxylic acids is 1. The molecule has 0 aliphatic heterocycles. The van der Waals surface area contributed by atoms with Crippen LogP contribution in [0.2, 0.25) is 0 Å². The zero-order valence-electron chi connectivity index (χ0n) is 10.6. The second-order valence-corrected chi connectivity index (χ2v) is 3.87. The van der Waals surface area contributed by atoms with Crippen LogP contribution in [0.5, 0.6) is 5.75 Å². The number of nitrogens with zero attached hydrogens (tertiary/aromatic N) is 1. The number of hydrogen-bond donors (Lipinski definition) is 0. The highest BCUT2D eigenvalue weighted by atomic mass is 35.5. The molecule has 1 heterocycles. The molecular weight excluding hydrogens is 280 g/mol. The van der Waals surface area contributed by atoms with E-state index in [-0.39, 0.29) is 30.4 Å². The molecule has 19 heavy (non-hydrogen) atoms. The third-order valence-electron chi connectivity index (χ3n) is 2.37. The fourth-order valence-electron chi connectivity index (χ4n) is 1.53. The van der Waals surface area contributed by atoms with Crippen LogP contribution in [0.15, 0.2) is 6.07 Å². The smallest absolute Gasteiger partial charge is 0.311 e. The molecule has 0 aromatic carbocycles. The minimum absolute atomic E-state index is 0.0433. The summed E-state index contributed by atoms with van der Waals surface area (Å²) in [7, 11) is 1.27. The second kappa shape index (κ2) is 7.23. The largest absolute Gasteiger partial charge is 0.495 e. The molecule has 0 spiro atoms. The molecule has 0 amide bonds. The van der Waals surface area contributed by atoms with Crippen LogP contribution in [-0.4, -0.2) is 24.7 Å². The lowest BCUT2D eigenvalue weighted by atomic mass is 10.1. The minimum atomic E-state index is -2.79. The first-order valence-corrected chi connectivity index (χ1v) is 6.13. The fourth-order valence-corrected chi connectivity index (χ4v) is 1.76. The highest BCUT2D eigenvalue weighted by Gasteiger charge is 2.20. The molecule has 0 aliphatic carbocycles. The van der Waals surface area contributed by atoms with Crippen molar-refractivity contribution in [1.82, 2.24) is 4.98 Å². The van der Waals surface area contributed by atoms with E-state index in [1.54, 1.807) is 6.92 Å². The summed E-state index contributed by atoms with van der Waals surface area (Å²) in [4.78, 5) is 15.2. The van der Waals surface area contributed by atoms with Crippen molar-refractivity contribution in [2.75, 3.05) is 13.7 Å². The van der Waals surface area contributed by atoms with Crippen LogP contribution in [0.1, 0.15) is 30.3 Å². The number of halogens is 3. The van der Waals surface area contributed by atoms with Gasteiger partial charge in [-0.05, 0) is 18.6 Å². The number of hydrogen-bond acceptors (Lipinski definition) is 4. The van der Waals surface area contributed by atoms with Crippen molar-refractivity contribution in [2.45, 2.75) is 25.7 Å². The zero-order valence-corrected chi connectivity index (χ0v) is 11.3. The van der Waals surface area contributed by atoms with Gasteiger partial charge in [0.25, 0.3) is 6.43 Å². The summed E-state index contributed by atoms with van der Waals surface area (Å²) in [5.74, 6) is -0.535. The predicted molar refractivity (Wildman–Crippen MR) is 65.6 cm³/mol. The maximum absolute atomic E-state index is 12.8. The van der Waals surface area contributed by atoms with Crippen molar-refractivity contribution in [3.05, 3.63) is 23.0 Å². The lowest BCUT2D eigenvalue weighted by Gasteiger charge is -2.12. The van der Waals surface area contributed by atoms with E-state index in [0.717, 1.165) is 0 Å². The number of pyridine rings is 1. The molecule has 0 fully saturated rings. The third-order valence-corrected chi connectivity index (χ3v) is 2.66. The lowest BCUT2D eigenvalue weighted by molar-refractivity contribution is -0.142. The Morgan fingerprint density at radius 3 is 2.68 bits per heavy atom. The van der Waals surface area contributed by atoms with E-state index in [1.807, 2.05) is 0 Å². The molecule has 0 unspecified atom stereocenters. The SMILES string of the molecule is CCOC(=O)Cc1nc(C(F)F)c(OC)cc1CCl. The quantitative estimate of drug-likeness (QED) is 0.598. The van der Waals surface area contributed by atoms with Gasteiger partial charge >= 0.3 is 5.97 Å². The van der Waals surface area contributed by atoms with Crippen LogP contribution < -0.4 is 4.74 Å². The molecule has 0 bridgehead atoms. The predicted octanol–water partition coefficient (Wildman–Crippen LogP) is 2.87. The summed E-state index contributed by atoms with van der Waals surface area (Å²) < 4.78 is 35.2. The van der Waals surface area contributed by atoms with Crippen molar-refractivity contribution in [1.29, 1.82) is 0 Å². The first-order valence-electron chi connectivity index (χ1n) is 5.59. The van der Waals surface area contributed by atoms with Gasteiger partial charge in [-0.1, -0.05) is 0 Å². The van der Waals surface area contributed by atoms with Crippen molar-refractivity contribution in [3.63, 3.8) is 0 Å². The van der Waals surface area contributed by atoms with Gasteiger partial charge < -0.3 is 9.47 Å². The molecule has 0 radical (unpaired) electrons. The van der Waals surface area contributed by atoms with Gasteiger partial charge in [0, 0.05) is 5.88 Å². The number of alkyl halides is 3. The van der Waals surface area contributed by atoms with Crippen LogP contribution in [0.3, 0.4) is 0 Å². The molecule has 7 heteroatoms. The highest BCUT2D eigenvalue weighted by Crippen LogP contribution is 2.30. The van der Waals surface area contributed by atoms with Crippen LogP contribution in [0.4, 0.5) is 8.78 Å². The Hall–Kier alpha value is -1.43. The molecule has 0 atom stereocenters. The third kappa shape index (κ3) is 4.02. The van der Waals surface area contributed by atoms with E-state index in [4.69, 9.17) is 21.1 Å². The summed E-state index contributed by atoms with van der Waals surface area (Å²) >= 11 is 5.72. The monoisotopic (exact) mass is 293 g/mol. The van der Waals surface area contributed by atoms with Gasteiger partial charge in [-0.3, -0.25) is 4.79 Å². The first-order chi connectivity index (χ1) is 9.03.